The molecule has 138 valence electrons. The van der Waals surface area contributed by atoms with E-state index in [2.05, 4.69) is 52.1 Å². The molecule has 2 N–H and O–H groups in total. The predicted molar refractivity (Wildman–Crippen MR) is 113 cm³/mol. The average Bonchev–Trinajstić information content (AvgIpc) is 3.33. The molecule has 0 aliphatic heterocycles. The van der Waals surface area contributed by atoms with Crippen molar-refractivity contribution in [3.63, 3.8) is 0 Å². The van der Waals surface area contributed by atoms with Gasteiger partial charge in [0.2, 0.25) is 0 Å². The fourth-order valence-electron chi connectivity index (χ4n) is 3.68. The summed E-state index contributed by atoms with van der Waals surface area (Å²) in [6.45, 7) is 3.61. The summed E-state index contributed by atoms with van der Waals surface area (Å²) in [4.78, 5) is 8.07. The standard InChI is InChI=1S/C24H21N3O/c1-24(2,28)18-6-3-5-16(13-18)17-9-10-23-26-22(15-27(23)14-17)19-7-4-8-21-20(19)11-12-25-21/h3-15,25,28H,1-2H3. The summed E-state index contributed by atoms with van der Waals surface area (Å²) in [6, 6.07) is 20.5. The molecule has 3 aromatic heterocycles. The fourth-order valence-corrected chi connectivity index (χ4v) is 3.68. The van der Waals surface area contributed by atoms with E-state index in [0.29, 0.717) is 0 Å². The van der Waals surface area contributed by atoms with Crippen molar-refractivity contribution in [2.45, 2.75) is 19.4 Å². The van der Waals surface area contributed by atoms with Gasteiger partial charge >= 0.3 is 0 Å². The van der Waals surface area contributed by atoms with Gasteiger partial charge in [-0.1, -0.05) is 30.3 Å². The van der Waals surface area contributed by atoms with Crippen molar-refractivity contribution in [3.8, 4) is 22.4 Å². The zero-order valence-corrected chi connectivity index (χ0v) is 15.8. The maximum atomic E-state index is 10.3. The van der Waals surface area contributed by atoms with Crippen LogP contribution in [-0.2, 0) is 5.60 Å². The third kappa shape index (κ3) is 2.79. The van der Waals surface area contributed by atoms with Crippen LogP contribution in [0.25, 0.3) is 38.9 Å². The molecule has 0 atom stereocenters. The summed E-state index contributed by atoms with van der Waals surface area (Å²) in [5.41, 5.74) is 6.28. The van der Waals surface area contributed by atoms with E-state index < -0.39 is 5.60 Å². The molecule has 0 bridgehead atoms. The summed E-state index contributed by atoms with van der Waals surface area (Å²) in [5, 5.41) is 11.5. The molecule has 0 fully saturated rings. The number of rotatable bonds is 3. The minimum Gasteiger partial charge on any atom is -0.386 e. The number of fused-ring (bicyclic) bond motifs is 2. The van der Waals surface area contributed by atoms with Crippen molar-refractivity contribution in [2.75, 3.05) is 0 Å². The number of benzene rings is 2. The van der Waals surface area contributed by atoms with Gasteiger partial charge in [0.15, 0.2) is 0 Å². The first-order valence-corrected chi connectivity index (χ1v) is 9.37. The number of nitrogens with zero attached hydrogens (tertiary/aromatic N) is 2. The van der Waals surface area contributed by atoms with Gasteiger partial charge in [-0.05, 0) is 60.9 Å². The number of hydrogen-bond acceptors (Lipinski definition) is 2. The van der Waals surface area contributed by atoms with Crippen LogP contribution < -0.4 is 0 Å². The van der Waals surface area contributed by atoms with Crippen LogP contribution in [0.5, 0.6) is 0 Å². The second-order valence-electron chi connectivity index (χ2n) is 7.69. The molecular weight excluding hydrogens is 346 g/mol. The first kappa shape index (κ1) is 16.8. The molecule has 0 aliphatic rings. The Morgan fingerprint density at radius 3 is 2.64 bits per heavy atom. The molecule has 4 heteroatoms. The zero-order chi connectivity index (χ0) is 19.3. The Hall–Kier alpha value is -3.37. The number of pyridine rings is 1. The third-order valence-electron chi connectivity index (χ3n) is 5.22. The Morgan fingerprint density at radius 1 is 0.929 bits per heavy atom. The van der Waals surface area contributed by atoms with Crippen molar-refractivity contribution >= 4 is 16.6 Å². The maximum absolute atomic E-state index is 10.3. The van der Waals surface area contributed by atoms with E-state index in [1.807, 2.05) is 36.5 Å². The van der Waals surface area contributed by atoms with E-state index in [-0.39, 0.29) is 0 Å². The molecule has 5 rings (SSSR count). The smallest absolute Gasteiger partial charge is 0.137 e. The number of nitrogens with one attached hydrogen (secondary N) is 1. The summed E-state index contributed by atoms with van der Waals surface area (Å²) in [5.74, 6) is 0. The number of aromatic nitrogens is 3. The van der Waals surface area contributed by atoms with Gasteiger partial charge in [-0.25, -0.2) is 4.98 Å². The lowest BCUT2D eigenvalue weighted by molar-refractivity contribution is 0.0786. The van der Waals surface area contributed by atoms with E-state index >= 15 is 0 Å². The van der Waals surface area contributed by atoms with Crippen LogP contribution in [-0.4, -0.2) is 19.5 Å². The monoisotopic (exact) mass is 367 g/mol. The molecule has 0 saturated carbocycles. The normalized spacial score (nSPS) is 12.1. The Labute approximate surface area is 163 Å². The average molecular weight is 367 g/mol. The predicted octanol–water partition coefficient (Wildman–Crippen LogP) is 5.38. The van der Waals surface area contributed by atoms with Gasteiger partial charge in [0.25, 0.3) is 0 Å². The third-order valence-corrected chi connectivity index (χ3v) is 5.22. The molecule has 0 spiro atoms. The van der Waals surface area contributed by atoms with E-state index in [1.165, 1.54) is 5.39 Å². The largest absolute Gasteiger partial charge is 0.386 e. The van der Waals surface area contributed by atoms with Gasteiger partial charge in [-0.2, -0.15) is 0 Å². The Kier molecular flexibility index (Phi) is 3.64. The van der Waals surface area contributed by atoms with Gasteiger partial charge in [0.05, 0.1) is 11.3 Å². The molecule has 2 aromatic carbocycles. The van der Waals surface area contributed by atoms with Crippen molar-refractivity contribution < 1.29 is 5.11 Å². The topological polar surface area (TPSA) is 53.3 Å². The Morgan fingerprint density at radius 2 is 1.79 bits per heavy atom. The van der Waals surface area contributed by atoms with E-state index in [0.717, 1.165) is 39.1 Å². The van der Waals surface area contributed by atoms with Crippen LogP contribution in [0.4, 0.5) is 0 Å². The second-order valence-corrected chi connectivity index (χ2v) is 7.69. The van der Waals surface area contributed by atoms with E-state index in [1.54, 1.807) is 13.8 Å². The molecule has 0 radical (unpaired) electrons. The van der Waals surface area contributed by atoms with Crippen LogP contribution in [0.3, 0.4) is 0 Å². The van der Waals surface area contributed by atoms with Gasteiger partial charge in [0.1, 0.15) is 5.65 Å². The molecule has 0 amide bonds. The minimum absolute atomic E-state index is 0.864. The second kappa shape index (κ2) is 6.08. The molecule has 5 aromatic rings. The number of aliphatic hydroxyl groups is 1. The number of aromatic amines is 1. The fraction of sp³-hybridized carbons (Fsp3) is 0.125. The molecule has 0 unspecified atom stereocenters. The van der Waals surface area contributed by atoms with Crippen LogP contribution in [0.2, 0.25) is 0 Å². The van der Waals surface area contributed by atoms with Crippen LogP contribution in [0.15, 0.2) is 79.3 Å². The van der Waals surface area contributed by atoms with Crippen LogP contribution in [0, 0.1) is 0 Å². The zero-order valence-electron chi connectivity index (χ0n) is 15.8. The summed E-state index contributed by atoms with van der Waals surface area (Å²) in [7, 11) is 0. The first-order valence-electron chi connectivity index (χ1n) is 9.37. The van der Waals surface area contributed by atoms with Gasteiger partial charge in [-0.15, -0.1) is 0 Å². The summed E-state index contributed by atoms with van der Waals surface area (Å²) >= 11 is 0. The lowest BCUT2D eigenvalue weighted by Gasteiger charge is -2.18. The lowest BCUT2D eigenvalue weighted by Crippen LogP contribution is -2.15. The molecule has 0 aliphatic carbocycles. The molecule has 0 saturated heterocycles. The number of hydrogen-bond donors (Lipinski definition) is 2. The summed E-state index contributed by atoms with van der Waals surface area (Å²) < 4.78 is 2.06. The minimum atomic E-state index is -0.864. The molecular formula is C24H21N3O. The van der Waals surface area contributed by atoms with Crippen LogP contribution >= 0.6 is 0 Å². The quantitative estimate of drug-likeness (QED) is 0.450. The van der Waals surface area contributed by atoms with Crippen molar-refractivity contribution in [2.24, 2.45) is 0 Å². The molecule has 28 heavy (non-hydrogen) atoms. The number of imidazole rings is 1. The molecule has 4 nitrogen and oxygen atoms in total. The highest BCUT2D eigenvalue weighted by molar-refractivity contribution is 5.94. The van der Waals surface area contributed by atoms with Crippen molar-refractivity contribution in [3.05, 3.63) is 84.8 Å². The van der Waals surface area contributed by atoms with Gasteiger partial charge < -0.3 is 14.5 Å². The number of H-pyrrole nitrogens is 1. The highest BCUT2D eigenvalue weighted by Crippen LogP contribution is 2.30. The first-order chi connectivity index (χ1) is 13.5. The lowest BCUT2D eigenvalue weighted by atomic mass is 9.95. The Bertz CT molecular complexity index is 1300. The van der Waals surface area contributed by atoms with E-state index in [4.69, 9.17) is 4.98 Å². The van der Waals surface area contributed by atoms with Crippen LogP contribution in [0.1, 0.15) is 19.4 Å². The van der Waals surface area contributed by atoms with Crippen molar-refractivity contribution in [1.29, 1.82) is 0 Å². The SMILES string of the molecule is CC(C)(O)c1cccc(-c2ccc3nc(-c4cccc5[nH]ccc45)cn3c2)c1. The van der Waals surface area contributed by atoms with Gasteiger partial charge in [0, 0.05) is 35.1 Å². The molecule has 3 heterocycles. The maximum Gasteiger partial charge on any atom is 0.137 e. The van der Waals surface area contributed by atoms with E-state index in [9.17, 15) is 5.11 Å². The summed E-state index contributed by atoms with van der Waals surface area (Å²) in [6.07, 6.45) is 6.12. The Balaban J connectivity index is 1.61. The highest BCUT2D eigenvalue weighted by Gasteiger charge is 2.16. The van der Waals surface area contributed by atoms with Gasteiger partial charge in [-0.3, -0.25) is 0 Å². The van der Waals surface area contributed by atoms with Crippen molar-refractivity contribution in [1.82, 2.24) is 14.4 Å². The highest BCUT2D eigenvalue weighted by atomic mass is 16.3.